The fourth-order valence-electron chi connectivity index (χ4n) is 3.63. The van der Waals surface area contributed by atoms with Crippen LogP contribution in [-0.2, 0) is 4.79 Å². The van der Waals surface area contributed by atoms with Crippen LogP contribution in [0.25, 0.3) is 5.69 Å². The highest BCUT2D eigenvalue weighted by molar-refractivity contribution is 6.30. The Morgan fingerprint density at radius 1 is 1.03 bits per heavy atom. The van der Waals surface area contributed by atoms with Gasteiger partial charge in [-0.05, 0) is 24.3 Å². The minimum Gasteiger partial charge on any atom is -0.496 e. The molecule has 0 aliphatic carbocycles. The standard InChI is InChI=1S/C21H20ClN3O4/c1-27-17-10-19(29-3)18(28-2)8-15(17)14-9-20(26)24-21-16(14)11-23-25(21)13-6-4-5-12(22)7-13/h4-8,10-11,14H,9H2,1-3H3,(H,24,26)/t14-/m0/s1. The number of halogens is 1. The Morgan fingerprint density at radius 3 is 2.45 bits per heavy atom. The van der Waals surface area contributed by atoms with Crippen LogP contribution in [0, 0.1) is 0 Å². The zero-order chi connectivity index (χ0) is 20.5. The van der Waals surface area contributed by atoms with E-state index >= 15 is 0 Å². The monoisotopic (exact) mass is 413 g/mol. The third kappa shape index (κ3) is 3.38. The molecule has 1 aliphatic rings. The maximum atomic E-state index is 12.6. The molecule has 1 N–H and O–H groups in total. The van der Waals surface area contributed by atoms with Crippen molar-refractivity contribution >= 4 is 23.3 Å². The van der Waals surface area contributed by atoms with Gasteiger partial charge in [0.2, 0.25) is 5.91 Å². The van der Waals surface area contributed by atoms with Gasteiger partial charge in [-0.2, -0.15) is 5.10 Å². The van der Waals surface area contributed by atoms with Crippen molar-refractivity contribution in [1.82, 2.24) is 9.78 Å². The van der Waals surface area contributed by atoms with Crippen LogP contribution < -0.4 is 19.5 Å². The number of methoxy groups -OCH3 is 3. The smallest absolute Gasteiger partial charge is 0.226 e. The summed E-state index contributed by atoms with van der Waals surface area (Å²) in [5, 5.41) is 8.02. The van der Waals surface area contributed by atoms with E-state index in [4.69, 9.17) is 25.8 Å². The van der Waals surface area contributed by atoms with Crippen molar-refractivity contribution in [2.24, 2.45) is 0 Å². The van der Waals surface area contributed by atoms with Crippen molar-refractivity contribution in [3.05, 3.63) is 58.7 Å². The zero-order valence-electron chi connectivity index (χ0n) is 16.2. The lowest BCUT2D eigenvalue weighted by molar-refractivity contribution is -0.116. The predicted octanol–water partition coefficient (Wildman–Crippen LogP) is 4.03. The lowest BCUT2D eigenvalue weighted by Gasteiger charge is -2.26. The van der Waals surface area contributed by atoms with Gasteiger partial charge in [0.15, 0.2) is 11.5 Å². The van der Waals surface area contributed by atoms with Crippen molar-refractivity contribution in [3.63, 3.8) is 0 Å². The van der Waals surface area contributed by atoms with Gasteiger partial charge in [0.05, 0.1) is 33.2 Å². The number of hydrogen-bond acceptors (Lipinski definition) is 5. The minimum atomic E-state index is -0.249. The van der Waals surface area contributed by atoms with E-state index in [1.54, 1.807) is 50.4 Å². The fourth-order valence-corrected chi connectivity index (χ4v) is 3.81. The molecular formula is C21H20ClN3O4. The third-order valence-electron chi connectivity index (χ3n) is 4.98. The molecule has 0 unspecified atom stereocenters. The van der Waals surface area contributed by atoms with Crippen molar-refractivity contribution in [2.75, 3.05) is 26.6 Å². The topological polar surface area (TPSA) is 74.6 Å². The molecule has 1 aromatic heterocycles. The highest BCUT2D eigenvalue weighted by Gasteiger charge is 2.33. The first-order valence-electron chi connectivity index (χ1n) is 8.99. The lowest BCUT2D eigenvalue weighted by atomic mass is 9.86. The summed E-state index contributed by atoms with van der Waals surface area (Å²) in [6, 6.07) is 10.9. The van der Waals surface area contributed by atoms with Crippen LogP contribution in [0.4, 0.5) is 5.82 Å². The van der Waals surface area contributed by atoms with E-state index in [0.29, 0.717) is 28.1 Å². The summed E-state index contributed by atoms with van der Waals surface area (Å²) in [7, 11) is 4.73. The van der Waals surface area contributed by atoms with Crippen molar-refractivity contribution in [2.45, 2.75) is 12.3 Å². The molecule has 2 heterocycles. The van der Waals surface area contributed by atoms with E-state index in [0.717, 1.165) is 16.8 Å². The zero-order valence-corrected chi connectivity index (χ0v) is 17.0. The Hall–Kier alpha value is -3.19. The van der Waals surface area contributed by atoms with Crippen molar-refractivity contribution in [1.29, 1.82) is 0 Å². The summed E-state index contributed by atoms with van der Waals surface area (Å²) in [6.07, 6.45) is 2.02. The Balaban J connectivity index is 1.86. The second-order valence-corrected chi connectivity index (χ2v) is 7.03. The van der Waals surface area contributed by atoms with Crippen molar-refractivity contribution < 1.29 is 19.0 Å². The number of nitrogens with zero attached hydrogens (tertiary/aromatic N) is 2. The fraction of sp³-hybridized carbons (Fsp3) is 0.238. The molecule has 3 aromatic rings. The normalized spacial score (nSPS) is 15.4. The molecule has 0 saturated heterocycles. The van der Waals surface area contributed by atoms with Crippen LogP contribution >= 0.6 is 11.6 Å². The number of benzene rings is 2. The minimum absolute atomic E-state index is 0.108. The van der Waals surface area contributed by atoms with Crippen LogP contribution in [0.3, 0.4) is 0 Å². The molecule has 1 aliphatic heterocycles. The molecule has 0 radical (unpaired) electrons. The molecule has 0 spiro atoms. The first-order chi connectivity index (χ1) is 14.0. The molecule has 1 amide bonds. The van der Waals surface area contributed by atoms with Crippen molar-refractivity contribution in [3.8, 4) is 22.9 Å². The molecule has 29 heavy (non-hydrogen) atoms. The Labute approximate surface area is 173 Å². The maximum absolute atomic E-state index is 12.6. The predicted molar refractivity (Wildman–Crippen MR) is 110 cm³/mol. The van der Waals surface area contributed by atoms with E-state index in [1.807, 2.05) is 18.2 Å². The van der Waals surface area contributed by atoms with Crippen LogP contribution in [0.2, 0.25) is 5.02 Å². The van der Waals surface area contributed by atoms with Crippen LogP contribution in [0.5, 0.6) is 17.2 Å². The van der Waals surface area contributed by atoms with Gasteiger partial charge in [-0.3, -0.25) is 4.79 Å². The Morgan fingerprint density at radius 2 is 1.76 bits per heavy atom. The summed E-state index contributed by atoms with van der Waals surface area (Å²) in [5.74, 6) is 2.00. The number of anilines is 1. The molecule has 1 atom stereocenters. The van der Waals surface area contributed by atoms with Gasteiger partial charge in [-0.1, -0.05) is 17.7 Å². The van der Waals surface area contributed by atoms with Crippen LogP contribution in [0.1, 0.15) is 23.5 Å². The summed E-state index contributed by atoms with van der Waals surface area (Å²) in [5.41, 5.74) is 2.47. The SMILES string of the molecule is COc1cc(OC)c([C@@H]2CC(=O)Nc3c2cnn3-c2cccc(Cl)c2)cc1OC. The average Bonchev–Trinajstić information content (AvgIpc) is 3.15. The number of ether oxygens (including phenoxy) is 3. The summed E-state index contributed by atoms with van der Waals surface area (Å²) in [6.45, 7) is 0. The summed E-state index contributed by atoms with van der Waals surface area (Å²) in [4.78, 5) is 12.6. The highest BCUT2D eigenvalue weighted by Crippen LogP contribution is 2.45. The molecule has 0 bridgehead atoms. The van der Waals surface area contributed by atoms with Gasteiger partial charge in [0, 0.05) is 34.6 Å². The molecular weight excluding hydrogens is 394 g/mol. The van der Waals surface area contributed by atoms with E-state index in [9.17, 15) is 4.79 Å². The maximum Gasteiger partial charge on any atom is 0.226 e. The quantitative estimate of drug-likeness (QED) is 0.683. The second kappa shape index (κ2) is 7.67. The van der Waals surface area contributed by atoms with Crippen LogP contribution in [-0.4, -0.2) is 37.0 Å². The van der Waals surface area contributed by atoms with E-state index in [1.165, 1.54) is 0 Å². The number of rotatable bonds is 5. The number of hydrogen-bond donors (Lipinski definition) is 1. The molecule has 8 heteroatoms. The molecule has 7 nitrogen and oxygen atoms in total. The number of aromatic nitrogens is 2. The molecule has 2 aromatic carbocycles. The number of fused-ring (bicyclic) bond motifs is 1. The largest absolute Gasteiger partial charge is 0.496 e. The molecule has 0 fully saturated rings. The first-order valence-corrected chi connectivity index (χ1v) is 9.37. The van der Waals surface area contributed by atoms with Gasteiger partial charge < -0.3 is 19.5 Å². The molecule has 150 valence electrons. The van der Waals surface area contributed by atoms with E-state index in [2.05, 4.69) is 10.4 Å². The van der Waals surface area contributed by atoms with Gasteiger partial charge in [0.25, 0.3) is 0 Å². The average molecular weight is 414 g/mol. The van der Waals surface area contributed by atoms with Gasteiger partial charge in [-0.25, -0.2) is 4.68 Å². The summed E-state index contributed by atoms with van der Waals surface area (Å²) >= 11 is 6.13. The third-order valence-corrected chi connectivity index (χ3v) is 5.22. The molecule has 0 saturated carbocycles. The molecule has 4 rings (SSSR count). The highest BCUT2D eigenvalue weighted by atomic mass is 35.5. The van der Waals surface area contributed by atoms with Gasteiger partial charge in [0.1, 0.15) is 11.6 Å². The Kier molecular flexibility index (Phi) is 5.07. The van der Waals surface area contributed by atoms with Gasteiger partial charge in [-0.15, -0.1) is 0 Å². The lowest BCUT2D eigenvalue weighted by Crippen LogP contribution is -2.25. The van der Waals surface area contributed by atoms with Crippen LogP contribution in [0.15, 0.2) is 42.6 Å². The van der Waals surface area contributed by atoms with E-state index in [-0.39, 0.29) is 18.2 Å². The number of nitrogens with one attached hydrogen (secondary N) is 1. The second-order valence-electron chi connectivity index (χ2n) is 6.59. The van der Waals surface area contributed by atoms with E-state index < -0.39 is 0 Å². The first kappa shape index (κ1) is 19.1. The Bertz CT molecular complexity index is 1080. The number of carbonyl (C=O) groups excluding carboxylic acids is 1. The number of amides is 1. The van der Waals surface area contributed by atoms with Gasteiger partial charge >= 0.3 is 0 Å². The number of carbonyl (C=O) groups is 1. The summed E-state index contributed by atoms with van der Waals surface area (Å²) < 4.78 is 18.1.